The number of imide groups is 2. The number of rotatable bonds is 9. The van der Waals surface area contributed by atoms with Gasteiger partial charge in [0.1, 0.15) is 11.3 Å². The van der Waals surface area contributed by atoms with Crippen LogP contribution in [0.25, 0.3) is 6.08 Å². The molecule has 168 valence electrons. The molecular formula is C24H26N2O6. The Bertz CT molecular complexity index is 1030. The van der Waals surface area contributed by atoms with Gasteiger partial charge in [-0.05, 0) is 61.4 Å². The maximum Gasteiger partial charge on any atom is 0.335 e. The number of benzene rings is 2. The third kappa shape index (κ3) is 5.08. The molecular weight excluding hydrogens is 412 g/mol. The topological polar surface area (TPSA) is 94.2 Å². The number of carbonyl (C=O) groups excluding carboxylic acids is 3. The number of methoxy groups -OCH3 is 1. The van der Waals surface area contributed by atoms with Gasteiger partial charge in [0.2, 0.25) is 0 Å². The molecule has 32 heavy (non-hydrogen) atoms. The molecule has 0 unspecified atom stereocenters. The van der Waals surface area contributed by atoms with Crippen LogP contribution >= 0.6 is 0 Å². The zero-order valence-electron chi connectivity index (χ0n) is 18.3. The number of unbranched alkanes of at least 4 members (excludes halogenated alkanes) is 1. The largest absolute Gasteiger partial charge is 0.494 e. The molecule has 0 atom stereocenters. The maximum atomic E-state index is 13.0. The molecule has 0 bridgehead atoms. The monoisotopic (exact) mass is 438 g/mol. The number of hydrogen-bond acceptors (Lipinski definition) is 6. The summed E-state index contributed by atoms with van der Waals surface area (Å²) in [6, 6.07) is 10.8. The summed E-state index contributed by atoms with van der Waals surface area (Å²) in [7, 11) is 1.52. The average molecular weight is 438 g/mol. The van der Waals surface area contributed by atoms with Crippen molar-refractivity contribution in [1.82, 2.24) is 5.32 Å². The number of hydrogen-bond donors (Lipinski definition) is 1. The molecule has 2 aromatic carbocycles. The standard InChI is InChI=1S/C24H26N2O6/c1-4-6-13-32-20-12-7-16(15-21(20)30-3)14-19-22(27)25-24(29)26(23(19)28)17-8-10-18(11-9-17)31-5-2/h7-12,14-15H,4-6,13H2,1-3H3,(H,25,27,29). The lowest BCUT2D eigenvalue weighted by atomic mass is 10.1. The van der Waals surface area contributed by atoms with Gasteiger partial charge in [0.15, 0.2) is 11.5 Å². The molecule has 4 amide bonds. The van der Waals surface area contributed by atoms with E-state index in [4.69, 9.17) is 14.2 Å². The second-order valence-electron chi connectivity index (χ2n) is 7.00. The molecule has 0 aromatic heterocycles. The van der Waals surface area contributed by atoms with E-state index < -0.39 is 17.8 Å². The number of nitrogens with one attached hydrogen (secondary N) is 1. The molecule has 0 saturated carbocycles. The van der Waals surface area contributed by atoms with E-state index in [9.17, 15) is 14.4 Å². The number of carbonyl (C=O) groups is 3. The molecule has 2 aromatic rings. The molecule has 0 radical (unpaired) electrons. The molecule has 8 heteroatoms. The van der Waals surface area contributed by atoms with Gasteiger partial charge in [0, 0.05) is 0 Å². The van der Waals surface area contributed by atoms with E-state index in [0.717, 1.165) is 17.7 Å². The van der Waals surface area contributed by atoms with E-state index in [2.05, 4.69) is 12.2 Å². The van der Waals surface area contributed by atoms with Gasteiger partial charge in [-0.3, -0.25) is 14.9 Å². The molecule has 0 aliphatic carbocycles. The van der Waals surface area contributed by atoms with E-state index in [-0.39, 0.29) is 5.57 Å². The summed E-state index contributed by atoms with van der Waals surface area (Å²) in [5.41, 5.74) is 0.718. The van der Waals surface area contributed by atoms with Gasteiger partial charge in [-0.1, -0.05) is 19.4 Å². The average Bonchev–Trinajstić information content (AvgIpc) is 2.78. The first-order chi connectivity index (χ1) is 15.5. The van der Waals surface area contributed by atoms with Crippen molar-refractivity contribution in [3.63, 3.8) is 0 Å². The smallest absolute Gasteiger partial charge is 0.335 e. The fourth-order valence-corrected chi connectivity index (χ4v) is 3.14. The molecule has 1 N–H and O–H groups in total. The van der Waals surface area contributed by atoms with Crippen molar-refractivity contribution in [2.45, 2.75) is 26.7 Å². The van der Waals surface area contributed by atoms with Gasteiger partial charge in [-0.15, -0.1) is 0 Å². The SMILES string of the molecule is CCCCOc1ccc(C=C2C(=O)NC(=O)N(c3ccc(OCC)cc3)C2=O)cc1OC. The molecule has 0 spiro atoms. The number of ether oxygens (including phenoxy) is 3. The van der Waals surface area contributed by atoms with Crippen LogP contribution in [0.3, 0.4) is 0 Å². The molecule has 1 aliphatic rings. The summed E-state index contributed by atoms with van der Waals surface area (Å²) in [6.07, 6.45) is 3.34. The van der Waals surface area contributed by atoms with Gasteiger partial charge < -0.3 is 14.2 Å². The zero-order chi connectivity index (χ0) is 23.1. The third-order valence-corrected chi connectivity index (χ3v) is 4.76. The highest BCUT2D eigenvalue weighted by atomic mass is 16.5. The van der Waals surface area contributed by atoms with E-state index in [0.29, 0.717) is 41.7 Å². The Balaban J connectivity index is 1.88. The second-order valence-corrected chi connectivity index (χ2v) is 7.00. The molecule has 8 nitrogen and oxygen atoms in total. The Hall–Kier alpha value is -3.81. The molecule has 1 fully saturated rings. The van der Waals surface area contributed by atoms with Crippen LogP contribution in [-0.2, 0) is 9.59 Å². The summed E-state index contributed by atoms with van der Waals surface area (Å²) in [6.45, 7) is 4.99. The fraction of sp³-hybridized carbons (Fsp3) is 0.292. The minimum atomic E-state index is -0.807. The number of urea groups is 1. The summed E-state index contributed by atoms with van der Waals surface area (Å²) in [4.78, 5) is 38.7. The van der Waals surface area contributed by atoms with E-state index in [1.54, 1.807) is 42.5 Å². The highest BCUT2D eigenvalue weighted by Gasteiger charge is 2.36. The van der Waals surface area contributed by atoms with Crippen LogP contribution in [0.4, 0.5) is 10.5 Å². The van der Waals surface area contributed by atoms with Crippen LogP contribution < -0.4 is 24.4 Å². The first-order valence-electron chi connectivity index (χ1n) is 10.4. The van der Waals surface area contributed by atoms with Crippen molar-refractivity contribution >= 4 is 29.6 Å². The fourth-order valence-electron chi connectivity index (χ4n) is 3.14. The van der Waals surface area contributed by atoms with Gasteiger partial charge in [0.05, 0.1) is 26.0 Å². The van der Waals surface area contributed by atoms with Crippen molar-refractivity contribution in [2.24, 2.45) is 0 Å². The molecule has 1 saturated heterocycles. The summed E-state index contributed by atoms with van der Waals surface area (Å²) < 4.78 is 16.5. The molecule has 1 aliphatic heterocycles. The van der Waals surface area contributed by atoms with Crippen LogP contribution in [0.15, 0.2) is 48.0 Å². The van der Waals surface area contributed by atoms with Crippen LogP contribution in [0.2, 0.25) is 0 Å². The Morgan fingerprint density at radius 3 is 2.38 bits per heavy atom. The van der Waals surface area contributed by atoms with Gasteiger partial charge >= 0.3 is 6.03 Å². The number of nitrogens with zero attached hydrogens (tertiary/aromatic N) is 1. The van der Waals surface area contributed by atoms with E-state index >= 15 is 0 Å². The van der Waals surface area contributed by atoms with Crippen LogP contribution in [-0.4, -0.2) is 38.2 Å². The first-order valence-corrected chi connectivity index (χ1v) is 10.4. The lowest BCUT2D eigenvalue weighted by Crippen LogP contribution is -2.54. The van der Waals surface area contributed by atoms with Crippen LogP contribution in [0, 0.1) is 0 Å². The minimum absolute atomic E-state index is 0.166. The third-order valence-electron chi connectivity index (χ3n) is 4.76. The normalized spacial score (nSPS) is 15.0. The highest BCUT2D eigenvalue weighted by Crippen LogP contribution is 2.30. The predicted molar refractivity (Wildman–Crippen MR) is 120 cm³/mol. The minimum Gasteiger partial charge on any atom is -0.494 e. The quantitative estimate of drug-likeness (QED) is 0.362. The number of barbiturate groups is 1. The maximum absolute atomic E-state index is 13.0. The number of amides is 4. The van der Waals surface area contributed by atoms with Crippen molar-refractivity contribution in [3.05, 3.63) is 53.6 Å². The van der Waals surface area contributed by atoms with Crippen molar-refractivity contribution in [2.75, 3.05) is 25.2 Å². The van der Waals surface area contributed by atoms with E-state index in [1.807, 2.05) is 6.92 Å². The Morgan fingerprint density at radius 2 is 1.72 bits per heavy atom. The summed E-state index contributed by atoms with van der Waals surface area (Å²) >= 11 is 0. The zero-order valence-corrected chi connectivity index (χ0v) is 18.3. The first kappa shape index (κ1) is 22.9. The van der Waals surface area contributed by atoms with Crippen molar-refractivity contribution in [1.29, 1.82) is 0 Å². The Labute approximate surface area is 186 Å². The van der Waals surface area contributed by atoms with Gasteiger partial charge in [-0.2, -0.15) is 0 Å². The molecule has 3 rings (SSSR count). The lowest BCUT2D eigenvalue weighted by molar-refractivity contribution is -0.122. The van der Waals surface area contributed by atoms with Crippen molar-refractivity contribution in [3.8, 4) is 17.2 Å². The van der Waals surface area contributed by atoms with Crippen molar-refractivity contribution < 1.29 is 28.6 Å². The summed E-state index contributed by atoms with van der Waals surface area (Å²) in [5.74, 6) is 0.197. The molecule has 1 heterocycles. The van der Waals surface area contributed by atoms with Gasteiger partial charge in [-0.25, -0.2) is 9.69 Å². The van der Waals surface area contributed by atoms with E-state index in [1.165, 1.54) is 13.2 Å². The Morgan fingerprint density at radius 1 is 0.969 bits per heavy atom. The van der Waals surface area contributed by atoms with Crippen LogP contribution in [0.1, 0.15) is 32.3 Å². The summed E-state index contributed by atoms with van der Waals surface area (Å²) in [5, 5.41) is 2.21. The predicted octanol–water partition coefficient (Wildman–Crippen LogP) is 3.94. The lowest BCUT2D eigenvalue weighted by Gasteiger charge is -2.26. The second kappa shape index (κ2) is 10.5. The Kier molecular flexibility index (Phi) is 7.49. The van der Waals surface area contributed by atoms with Gasteiger partial charge in [0.25, 0.3) is 11.8 Å². The number of anilines is 1. The van der Waals surface area contributed by atoms with Crippen LogP contribution in [0.5, 0.6) is 17.2 Å². The highest BCUT2D eigenvalue weighted by molar-refractivity contribution is 6.39.